The summed E-state index contributed by atoms with van der Waals surface area (Å²) < 4.78 is 5.14. The van der Waals surface area contributed by atoms with Crippen molar-refractivity contribution in [2.24, 2.45) is 33.7 Å². The minimum atomic E-state index is -2.18. The molecule has 43 heavy (non-hydrogen) atoms. The zero-order valence-electron chi connectivity index (χ0n) is 24.6. The Morgan fingerprint density at radius 2 is 1.84 bits per heavy atom. The van der Waals surface area contributed by atoms with Gasteiger partial charge in [0.25, 0.3) is 5.91 Å². The van der Waals surface area contributed by atoms with Gasteiger partial charge in [-0.05, 0) is 75.6 Å². The zero-order valence-corrected chi connectivity index (χ0v) is 24.6. The van der Waals surface area contributed by atoms with E-state index in [1.54, 1.807) is 24.3 Å². The Balaban J connectivity index is 2.21. The molecule has 0 unspecified atom stereocenters. The topological polar surface area (TPSA) is 276 Å². The van der Waals surface area contributed by atoms with Gasteiger partial charge < -0.3 is 53.8 Å². The number of rotatable bonds is 18. The van der Waals surface area contributed by atoms with Crippen LogP contribution in [0, 0.1) is 0 Å². The number of benzene rings is 1. The summed E-state index contributed by atoms with van der Waals surface area (Å²) in [5.41, 5.74) is 27.5. The van der Waals surface area contributed by atoms with Crippen LogP contribution in [-0.4, -0.2) is 101 Å². The SMILES string of the molecule is COc1ccc(C[C@@H](N)[C@H](O)C(=O)[C@@](N)(CCCCN)C(=O)N2CCC[C@H]2C(=O)N[C@@H](CCCN=C(N)N)C(=O)O)cc1. The molecule has 0 saturated carbocycles. The van der Waals surface area contributed by atoms with Crippen LogP contribution in [-0.2, 0) is 25.6 Å². The number of ether oxygens (including phenoxy) is 1. The van der Waals surface area contributed by atoms with Crippen LogP contribution in [0.15, 0.2) is 29.3 Å². The first-order valence-electron chi connectivity index (χ1n) is 14.3. The number of hydrogen-bond donors (Lipinski definition) is 8. The van der Waals surface area contributed by atoms with Gasteiger partial charge in [-0.1, -0.05) is 12.1 Å². The molecule has 1 saturated heterocycles. The van der Waals surface area contributed by atoms with Crippen LogP contribution in [0.2, 0.25) is 0 Å². The molecule has 5 atom stereocenters. The van der Waals surface area contributed by atoms with Gasteiger partial charge in [0.1, 0.15) is 23.9 Å². The van der Waals surface area contributed by atoms with Crippen molar-refractivity contribution in [2.45, 2.75) is 81.1 Å². The first-order chi connectivity index (χ1) is 20.3. The first-order valence-corrected chi connectivity index (χ1v) is 14.3. The Morgan fingerprint density at radius 1 is 1.16 bits per heavy atom. The number of carboxylic acid groups (broad SMARTS) is 1. The predicted octanol–water partition coefficient (Wildman–Crippen LogP) is -2.06. The molecule has 1 aromatic rings. The Hall–Kier alpha value is -3.79. The summed E-state index contributed by atoms with van der Waals surface area (Å²) in [5.74, 6) is -3.23. The molecule has 0 bridgehead atoms. The summed E-state index contributed by atoms with van der Waals surface area (Å²) >= 11 is 0. The van der Waals surface area contributed by atoms with Gasteiger partial charge in [0.05, 0.1) is 7.11 Å². The van der Waals surface area contributed by atoms with Gasteiger partial charge in [0.15, 0.2) is 17.3 Å². The highest BCUT2D eigenvalue weighted by atomic mass is 16.5. The Kier molecular flexibility index (Phi) is 13.8. The van der Waals surface area contributed by atoms with Crippen LogP contribution in [0.1, 0.15) is 50.5 Å². The van der Waals surface area contributed by atoms with E-state index in [-0.39, 0.29) is 44.7 Å². The standard InChI is InChI=1S/C28H46N8O7/c1-43-18-10-8-17(9-11-18)16-19(30)22(37)23(38)28(33,12-2-3-13-29)26(42)36-15-5-7-21(36)24(39)35-20(25(40)41)6-4-14-34-27(31)32/h8-11,19-22,37H,2-7,12-16,29-30,33H2,1H3,(H,35,39)(H,40,41)(H4,31,32,34)/t19-,20+,21+,22+,28+/m1/s1. The van der Waals surface area contributed by atoms with Gasteiger partial charge in [-0.25, -0.2) is 4.79 Å². The van der Waals surface area contributed by atoms with E-state index in [4.69, 9.17) is 33.4 Å². The Labute approximate surface area is 251 Å². The predicted molar refractivity (Wildman–Crippen MR) is 160 cm³/mol. The lowest BCUT2D eigenvalue weighted by Crippen LogP contribution is -2.66. The maximum absolute atomic E-state index is 13.9. The number of unbranched alkanes of at least 4 members (excludes halogenated alkanes) is 1. The number of nitrogens with zero attached hydrogens (tertiary/aromatic N) is 2. The third kappa shape index (κ3) is 9.88. The highest BCUT2D eigenvalue weighted by Crippen LogP contribution is 2.26. The molecule has 2 rings (SSSR count). The van der Waals surface area contributed by atoms with E-state index in [1.165, 1.54) is 12.0 Å². The number of guanidine groups is 1. The van der Waals surface area contributed by atoms with E-state index in [0.29, 0.717) is 38.0 Å². The smallest absolute Gasteiger partial charge is 0.326 e. The van der Waals surface area contributed by atoms with E-state index < -0.39 is 53.3 Å². The number of amides is 2. The van der Waals surface area contributed by atoms with Crippen LogP contribution in [0.5, 0.6) is 5.75 Å². The summed E-state index contributed by atoms with van der Waals surface area (Å²) in [4.78, 5) is 57.6. The third-order valence-electron chi connectivity index (χ3n) is 7.53. The molecule has 1 aromatic carbocycles. The van der Waals surface area contributed by atoms with Crippen molar-refractivity contribution in [3.05, 3.63) is 29.8 Å². The molecular formula is C28H46N8O7. The number of methoxy groups -OCH3 is 1. The first kappa shape index (κ1) is 35.4. The number of aliphatic hydroxyl groups excluding tert-OH is 1. The molecule has 13 N–H and O–H groups in total. The Bertz CT molecular complexity index is 1130. The number of likely N-dealkylation sites (tertiary alicyclic amines) is 1. The molecule has 2 amide bonds. The lowest BCUT2D eigenvalue weighted by Gasteiger charge is -2.36. The number of nitrogens with one attached hydrogen (secondary N) is 1. The van der Waals surface area contributed by atoms with E-state index in [9.17, 15) is 29.4 Å². The molecular weight excluding hydrogens is 560 g/mol. The number of carboxylic acids is 1. The second-order valence-corrected chi connectivity index (χ2v) is 10.7. The number of aliphatic imine (C=N–C) groups is 1. The van der Waals surface area contributed by atoms with Crippen molar-refractivity contribution in [1.29, 1.82) is 0 Å². The average molecular weight is 607 g/mol. The summed E-state index contributed by atoms with van der Waals surface area (Å²) in [5, 5.41) is 23.1. The van der Waals surface area contributed by atoms with E-state index in [2.05, 4.69) is 10.3 Å². The fourth-order valence-electron chi connectivity index (χ4n) is 5.05. The number of nitrogens with two attached hydrogens (primary N) is 5. The highest BCUT2D eigenvalue weighted by molar-refractivity contribution is 6.13. The van der Waals surface area contributed by atoms with Crippen molar-refractivity contribution >= 4 is 29.5 Å². The lowest BCUT2D eigenvalue weighted by atomic mass is 9.82. The lowest BCUT2D eigenvalue weighted by molar-refractivity contribution is -0.151. The molecule has 1 heterocycles. The molecule has 0 radical (unpaired) electrons. The van der Waals surface area contributed by atoms with Crippen molar-refractivity contribution in [3.8, 4) is 5.75 Å². The maximum atomic E-state index is 13.9. The van der Waals surface area contributed by atoms with Crippen molar-refractivity contribution in [3.63, 3.8) is 0 Å². The normalized spacial score (nSPS) is 18.2. The van der Waals surface area contributed by atoms with Crippen LogP contribution in [0.4, 0.5) is 0 Å². The number of Topliss-reactive ketones (excluding diaryl/α,β-unsaturated/α-hetero) is 1. The van der Waals surface area contributed by atoms with Gasteiger partial charge >= 0.3 is 5.97 Å². The third-order valence-corrected chi connectivity index (χ3v) is 7.53. The quantitative estimate of drug-likeness (QED) is 0.0387. The van der Waals surface area contributed by atoms with Gasteiger partial charge in [-0.15, -0.1) is 0 Å². The molecule has 0 aliphatic carbocycles. The molecule has 240 valence electrons. The number of ketones is 1. The summed E-state index contributed by atoms with van der Waals surface area (Å²) in [6, 6.07) is 3.56. The van der Waals surface area contributed by atoms with Crippen molar-refractivity contribution in [1.82, 2.24) is 10.2 Å². The fraction of sp³-hybridized carbons (Fsp3) is 0.607. The number of hydrogen-bond acceptors (Lipinski definition) is 10. The minimum absolute atomic E-state index is 0.0508. The minimum Gasteiger partial charge on any atom is -0.497 e. The monoisotopic (exact) mass is 606 g/mol. The number of carbonyl (C=O) groups is 4. The zero-order chi connectivity index (χ0) is 32.2. The van der Waals surface area contributed by atoms with Crippen LogP contribution in [0.3, 0.4) is 0 Å². The van der Waals surface area contributed by atoms with Crippen LogP contribution in [0.25, 0.3) is 0 Å². The van der Waals surface area contributed by atoms with E-state index in [1.807, 2.05) is 0 Å². The number of carbonyl (C=O) groups excluding carboxylic acids is 3. The molecule has 15 nitrogen and oxygen atoms in total. The summed E-state index contributed by atoms with van der Waals surface area (Å²) in [7, 11) is 1.53. The average Bonchev–Trinajstić information content (AvgIpc) is 3.47. The van der Waals surface area contributed by atoms with Gasteiger partial charge in [0, 0.05) is 19.1 Å². The second kappa shape index (κ2) is 16.7. The maximum Gasteiger partial charge on any atom is 0.326 e. The summed E-state index contributed by atoms with van der Waals surface area (Å²) in [6.07, 6.45) is 0.0201. The molecule has 0 aromatic heterocycles. The van der Waals surface area contributed by atoms with Gasteiger partial charge in [-0.2, -0.15) is 0 Å². The largest absolute Gasteiger partial charge is 0.497 e. The van der Waals surface area contributed by atoms with Crippen LogP contribution < -0.4 is 38.7 Å². The molecule has 1 aliphatic heterocycles. The summed E-state index contributed by atoms with van der Waals surface area (Å²) in [6.45, 7) is 0.600. The Morgan fingerprint density at radius 3 is 2.42 bits per heavy atom. The molecule has 0 spiro atoms. The van der Waals surface area contributed by atoms with Gasteiger partial charge in [0.2, 0.25) is 5.91 Å². The number of aliphatic carboxylic acids is 1. The molecule has 15 heteroatoms. The fourth-order valence-corrected chi connectivity index (χ4v) is 5.05. The van der Waals surface area contributed by atoms with E-state index in [0.717, 1.165) is 5.56 Å². The van der Waals surface area contributed by atoms with Crippen molar-refractivity contribution in [2.75, 3.05) is 26.7 Å². The van der Waals surface area contributed by atoms with Crippen LogP contribution >= 0.6 is 0 Å². The molecule has 1 aliphatic rings. The highest BCUT2D eigenvalue weighted by Gasteiger charge is 2.50. The molecule has 1 fully saturated rings. The van der Waals surface area contributed by atoms with E-state index >= 15 is 0 Å². The van der Waals surface area contributed by atoms with Gasteiger partial charge in [-0.3, -0.25) is 19.4 Å². The second-order valence-electron chi connectivity index (χ2n) is 10.7. The van der Waals surface area contributed by atoms with Crippen molar-refractivity contribution < 1.29 is 34.1 Å². The number of aliphatic hydroxyl groups is 1.